The zero-order valence-corrected chi connectivity index (χ0v) is 11.5. The maximum atomic E-state index is 10.7. The van der Waals surface area contributed by atoms with Gasteiger partial charge in [0.05, 0.1) is 11.9 Å². The quantitative estimate of drug-likeness (QED) is 0.851. The molecule has 0 unspecified atom stereocenters. The second kappa shape index (κ2) is 5.57. The summed E-state index contributed by atoms with van der Waals surface area (Å²) in [5, 5.41) is 12.2. The highest BCUT2D eigenvalue weighted by Crippen LogP contribution is 2.33. The van der Waals surface area contributed by atoms with Crippen LogP contribution < -0.4 is 5.32 Å². The molecule has 1 aromatic rings. The lowest BCUT2D eigenvalue weighted by atomic mass is 9.96. The number of likely N-dealkylation sites (N-methyl/N-ethyl adjacent to an activating group) is 1. The molecular formula is C14H21N3O2. The second-order valence-electron chi connectivity index (χ2n) is 5.42. The monoisotopic (exact) mass is 263 g/mol. The van der Waals surface area contributed by atoms with Crippen LogP contribution >= 0.6 is 0 Å². The third-order valence-electron chi connectivity index (χ3n) is 4.09. The summed E-state index contributed by atoms with van der Waals surface area (Å²) in [6, 6.07) is 3.30. The Kier molecular flexibility index (Phi) is 4.04. The van der Waals surface area contributed by atoms with E-state index >= 15 is 0 Å². The number of carbonyl (C=O) groups is 1. The normalized spacial score (nSPS) is 17.6. The SMILES string of the molecule is CN(C)C1(CNc2ccc(C(=O)O)nc2)CCCC1. The van der Waals surface area contributed by atoms with Crippen molar-refractivity contribution in [3.8, 4) is 0 Å². The van der Waals surface area contributed by atoms with E-state index in [-0.39, 0.29) is 11.2 Å². The summed E-state index contributed by atoms with van der Waals surface area (Å²) in [5.41, 5.74) is 1.16. The average molecular weight is 263 g/mol. The van der Waals surface area contributed by atoms with E-state index in [1.54, 1.807) is 12.3 Å². The Bertz CT molecular complexity index is 437. The van der Waals surface area contributed by atoms with Crippen molar-refractivity contribution >= 4 is 11.7 Å². The Balaban J connectivity index is 1.99. The van der Waals surface area contributed by atoms with Crippen molar-refractivity contribution in [2.45, 2.75) is 31.2 Å². The number of nitrogens with one attached hydrogen (secondary N) is 1. The first-order chi connectivity index (χ1) is 9.03. The summed E-state index contributed by atoms with van der Waals surface area (Å²) in [6.45, 7) is 0.869. The number of anilines is 1. The van der Waals surface area contributed by atoms with Gasteiger partial charge in [0.2, 0.25) is 0 Å². The summed E-state index contributed by atoms with van der Waals surface area (Å²) in [7, 11) is 4.25. The molecule has 1 aliphatic rings. The highest BCUT2D eigenvalue weighted by molar-refractivity contribution is 5.85. The third kappa shape index (κ3) is 3.04. The molecule has 0 aromatic carbocycles. The van der Waals surface area contributed by atoms with Crippen LogP contribution in [-0.2, 0) is 0 Å². The molecular weight excluding hydrogens is 242 g/mol. The van der Waals surface area contributed by atoms with Gasteiger partial charge in [-0.2, -0.15) is 0 Å². The Hall–Kier alpha value is -1.62. The Morgan fingerprint density at radius 1 is 1.42 bits per heavy atom. The Morgan fingerprint density at radius 2 is 2.11 bits per heavy atom. The molecule has 5 heteroatoms. The summed E-state index contributed by atoms with van der Waals surface area (Å²) in [6.07, 6.45) is 6.54. The van der Waals surface area contributed by atoms with Gasteiger partial charge in [0, 0.05) is 12.1 Å². The van der Waals surface area contributed by atoms with Gasteiger partial charge in [-0.05, 0) is 39.1 Å². The van der Waals surface area contributed by atoms with Crippen LogP contribution in [0.25, 0.3) is 0 Å². The first-order valence-electron chi connectivity index (χ1n) is 6.64. The zero-order chi connectivity index (χ0) is 13.9. The van der Waals surface area contributed by atoms with Crippen LogP contribution in [-0.4, -0.2) is 47.1 Å². The number of carboxylic acids is 1. The molecule has 0 bridgehead atoms. The molecule has 1 saturated carbocycles. The number of rotatable bonds is 5. The third-order valence-corrected chi connectivity index (χ3v) is 4.09. The molecule has 2 rings (SSSR count). The fourth-order valence-electron chi connectivity index (χ4n) is 2.71. The number of pyridine rings is 1. The van der Waals surface area contributed by atoms with Crippen molar-refractivity contribution in [2.75, 3.05) is 26.0 Å². The lowest BCUT2D eigenvalue weighted by molar-refractivity contribution is 0.0690. The van der Waals surface area contributed by atoms with Crippen LogP contribution in [0.5, 0.6) is 0 Å². The van der Waals surface area contributed by atoms with Crippen molar-refractivity contribution in [3.05, 3.63) is 24.0 Å². The topological polar surface area (TPSA) is 65.5 Å². The first kappa shape index (κ1) is 13.8. The van der Waals surface area contributed by atoms with Crippen LogP contribution in [0.2, 0.25) is 0 Å². The molecule has 1 fully saturated rings. The van der Waals surface area contributed by atoms with Crippen LogP contribution in [0.4, 0.5) is 5.69 Å². The van der Waals surface area contributed by atoms with Gasteiger partial charge >= 0.3 is 5.97 Å². The maximum Gasteiger partial charge on any atom is 0.354 e. The van der Waals surface area contributed by atoms with Gasteiger partial charge in [-0.3, -0.25) is 0 Å². The summed E-state index contributed by atoms with van der Waals surface area (Å²) >= 11 is 0. The van der Waals surface area contributed by atoms with E-state index in [0.717, 1.165) is 12.2 Å². The van der Waals surface area contributed by atoms with Gasteiger partial charge in [-0.25, -0.2) is 9.78 Å². The number of aromatic nitrogens is 1. The molecule has 2 N–H and O–H groups in total. The van der Waals surface area contributed by atoms with Crippen LogP contribution in [0.3, 0.4) is 0 Å². The Labute approximate surface area is 113 Å². The number of hydrogen-bond acceptors (Lipinski definition) is 4. The minimum absolute atomic E-state index is 0.0775. The largest absolute Gasteiger partial charge is 0.477 e. The van der Waals surface area contributed by atoms with Crippen LogP contribution in [0.1, 0.15) is 36.2 Å². The van der Waals surface area contributed by atoms with Crippen LogP contribution in [0, 0.1) is 0 Å². The van der Waals surface area contributed by atoms with E-state index in [0.29, 0.717) is 0 Å². The van der Waals surface area contributed by atoms with Gasteiger partial charge in [-0.15, -0.1) is 0 Å². The molecule has 1 aliphatic carbocycles. The van der Waals surface area contributed by atoms with E-state index in [9.17, 15) is 4.79 Å². The van der Waals surface area contributed by atoms with Crippen LogP contribution in [0.15, 0.2) is 18.3 Å². The van der Waals surface area contributed by atoms with Gasteiger partial charge in [0.25, 0.3) is 0 Å². The highest BCUT2D eigenvalue weighted by atomic mass is 16.4. The van der Waals surface area contributed by atoms with E-state index < -0.39 is 5.97 Å². The molecule has 0 atom stereocenters. The van der Waals surface area contributed by atoms with Crippen molar-refractivity contribution in [1.82, 2.24) is 9.88 Å². The molecule has 0 amide bonds. The maximum absolute atomic E-state index is 10.7. The minimum Gasteiger partial charge on any atom is -0.477 e. The standard InChI is InChI=1S/C14H21N3O2/c1-17(2)14(7-3-4-8-14)10-16-11-5-6-12(13(18)19)15-9-11/h5-6,9,16H,3-4,7-8,10H2,1-2H3,(H,18,19). The number of carboxylic acid groups (broad SMARTS) is 1. The average Bonchev–Trinajstić information content (AvgIpc) is 2.87. The van der Waals surface area contributed by atoms with Crippen molar-refractivity contribution < 1.29 is 9.90 Å². The van der Waals surface area contributed by atoms with Crippen molar-refractivity contribution in [3.63, 3.8) is 0 Å². The molecule has 0 saturated heterocycles. The fraction of sp³-hybridized carbons (Fsp3) is 0.571. The fourth-order valence-corrected chi connectivity index (χ4v) is 2.71. The van der Waals surface area contributed by atoms with E-state index in [4.69, 9.17) is 5.11 Å². The predicted molar refractivity (Wildman–Crippen MR) is 74.6 cm³/mol. The Morgan fingerprint density at radius 3 is 2.58 bits per heavy atom. The van der Waals surface area contributed by atoms with Gasteiger partial charge in [0.15, 0.2) is 0 Å². The number of nitrogens with zero attached hydrogens (tertiary/aromatic N) is 2. The predicted octanol–water partition coefficient (Wildman–Crippen LogP) is 2.07. The van der Waals surface area contributed by atoms with Crippen molar-refractivity contribution in [2.24, 2.45) is 0 Å². The number of aromatic carboxylic acids is 1. The van der Waals surface area contributed by atoms with E-state index in [1.165, 1.54) is 31.7 Å². The van der Waals surface area contributed by atoms with E-state index in [2.05, 4.69) is 29.3 Å². The molecule has 1 aromatic heterocycles. The zero-order valence-electron chi connectivity index (χ0n) is 11.5. The summed E-state index contributed by atoms with van der Waals surface area (Å²) in [4.78, 5) is 16.9. The lowest BCUT2D eigenvalue weighted by Gasteiger charge is -2.36. The number of hydrogen-bond donors (Lipinski definition) is 2. The van der Waals surface area contributed by atoms with Gasteiger partial charge in [-0.1, -0.05) is 12.8 Å². The molecule has 19 heavy (non-hydrogen) atoms. The molecule has 0 spiro atoms. The smallest absolute Gasteiger partial charge is 0.354 e. The highest BCUT2D eigenvalue weighted by Gasteiger charge is 2.35. The van der Waals surface area contributed by atoms with Crippen molar-refractivity contribution in [1.29, 1.82) is 0 Å². The molecule has 1 heterocycles. The molecule has 5 nitrogen and oxygen atoms in total. The lowest BCUT2D eigenvalue weighted by Crippen LogP contribution is -2.47. The summed E-state index contributed by atoms with van der Waals surface area (Å²) < 4.78 is 0. The first-order valence-corrected chi connectivity index (χ1v) is 6.64. The van der Waals surface area contributed by atoms with E-state index in [1.807, 2.05) is 0 Å². The molecule has 104 valence electrons. The molecule has 0 radical (unpaired) electrons. The second-order valence-corrected chi connectivity index (χ2v) is 5.42. The minimum atomic E-state index is -0.993. The molecule has 0 aliphatic heterocycles. The van der Waals surface area contributed by atoms with Gasteiger partial charge < -0.3 is 15.3 Å². The summed E-state index contributed by atoms with van der Waals surface area (Å²) in [5.74, 6) is -0.993. The van der Waals surface area contributed by atoms with Gasteiger partial charge in [0.1, 0.15) is 5.69 Å².